The van der Waals surface area contributed by atoms with Crippen molar-refractivity contribution < 1.29 is 4.79 Å². The number of para-hydroxylation sites is 1. The zero-order valence-electron chi connectivity index (χ0n) is 13.8. The van der Waals surface area contributed by atoms with Crippen LogP contribution in [0.3, 0.4) is 0 Å². The van der Waals surface area contributed by atoms with E-state index in [-0.39, 0.29) is 5.91 Å². The van der Waals surface area contributed by atoms with Gasteiger partial charge in [-0.15, -0.1) is 0 Å². The fourth-order valence-corrected chi connectivity index (χ4v) is 2.69. The van der Waals surface area contributed by atoms with Crippen molar-refractivity contribution in [3.8, 4) is 0 Å². The molecule has 1 amide bonds. The molecule has 0 unspecified atom stereocenters. The molecule has 0 aliphatic carbocycles. The predicted molar refractivity (Wildman–Crippen MR) is 93.6 cm³/mol. The zero-order chi connectivity index (χ0) is 16.1. The second-order valence-corrected chi connectivity index (χ2v) is 5.81. The summed E-state index contributed by atoms with van der Waals surface area (Å²) in [6, 6.07) is 12.1. The first-order valence-electron chi connectivity index (χ1n) is 7.64. The van der Waals surface area contributed by atoms with Gasteiger partial charge in [-0.1, -0.05) is 35.9 Å². The van der Waals surface area contributed by atoms with Crippen LogP contribution in [0.5, 0.6) is 0 Å². The molecule has 0 bridgehead atoms. The molecule has 2 rings (SSSR count). The summed E-state index contributed by atoms with van der Waals surface area (Å²) in [5, 5.41) is 6.33. The maximum atomic E-state index is 12.0. The Bertz CT molecular complexity index is 654. The molecule has 2 N–H and O–H groups in total. The van der Waals surface area contributed by atoms with E-state index in [9.17, 15) is 4.79 Å². The first-order valence-corrected chi connectivity index (χ1v) is 7.64. The first kappa shape index (κ1) is 16.1. The number of carbonyl (C=O) groups excluding carboxylic acids is 1. The molecule has 3 heteroatoms. The van der Waals surface area contributed by atoms with Gasteiger partial charge >= 0.3 is 0 Å². The van der Waals surface area contributed by atoms with Gasteiger partial charge in [-0.2, -0.15) is 0 Å². The van der Waals surface area contributed by atoms with Crippen molar-refractivity contribution in [2.75, 3.05) is 17.2 Å². The summed E-state index contributed by atoms with van der Waals surface area (Å²) in [6.07, 6.45) is 0.446. The third-order valence-electron chi connectivity index (χ3n) is 3.75. The third kappa shape index (κ3) is 4.10. The van der Waals surface area contributed by atoms with Crippen molar-refractivity contribution in [1.82, 2.24) is 0 Å². The number of hydrogen-bond acceptors (Lipinski definition) is 2. The topological polar surface area (TPSA) is 41.1 Å². The molecule has 0 fully saturated rings. The third-order valence-corrected chi connectivity index (χ3v) is 3.75. The van der Waals surface area contributed by atoms with E-state index in [2.05, 4.69) is 43.5 Å². The van der Waals surface area contributed by atoms with E-state index in [4.69, 9.17) is 0 Å². The van der Waals surface area contributed by atoms with E-state index in [1.807, 2.05) is 31.2 Å². The number of rotatable bonds is 5. The Morgan fingerprint density at radius 3 is 2.23 bits per heavy atom. The minimum atomic E-state index is 0.0317. The molecular formula is C19H24N2O. The van der Waals surface area contributed by atoms with Crippen molar-refractivity contribution in [2.45, 2.75) is 34.1 Å². The van der Waals surface area contributed by atoms with Crippen molar-refractivity contribution >= 4 is 17.3 Å². The Labute approximate surface area is 132 Å². The van der Waals surface area contributed by atoms with Crippen LogP contribution in [0.15, 0.2) is 36.4 Å². The second-order valence-electron chi connectivity index (χ2n) is 5.81. The molecule has 22 heavy (non-hydrogen) atoms. The highest BCUT2D eigenvalue weighted by molar-refractivity contribution is 5.91. The molecule has 0 saturated heterocycles. The van der Waals surface area contributed by atoms with Crippen LogP contribution in [0.2, 0.25) is 0 Å². The van der Waals surface area contributed by atoms with Gasteiger partial charge in [-0.25, -0.2) is 0 Å². The lowest BCUT2D eigenvalue weighted by Crippen LogP contribution is -2.17. The van der Waals surface area contributed by atoms with Gasteiger partial charge in [0.2, 0.25) is 5.91 Å². The molecule has 0 radical (unpaired) electrons. The number of aryl methyl sites for hydroxylation is 4. The van der Waals surface area contributed by atoms with Crippen LogP contribution >= 0.6 is 0 Å². The Morgan fingerprint density at radius 2 is 1.59 bits per heavy atom. The molecule has 0 atom stereocenters. The van der Waals surface area contributed by atoms with E-state index in [1.54, 1.807) is 0 Å². The monoisotopic (exact) mass is 296 g/mol. The standard InChI is InChI=1S/C19H24N2O/c1-13-11-15(3)19(16(4)12-13)20-10-9-18(22)21-17-8-6-5-7-14(17)2/h5-8,11-12,20H,9-10H2,1-4H3,(H,21,22). The maximum absolute atomic E-state index is 12.0. The lowest BCUT2D eigenvalue weighted by molar-refractivity contribution is -0.115. The Hall–Kier alpha value is -2.29. The van der Waals surface area contributed by atoms with Gasteiger partial charge < -0.3 is 10.6 Å². The Kier molecular flexibility index (Phi) is 5.21. The van der Waals surface area contributed by atoms with Crippen LogP contribution in [-0.4, -0.2) is 12.5 Å². The molecule has 116 valence electrons. The van der Waals surface area contributed by atoms with E-state index in [0.717, 1.165) is 16.9 Å². The summed E-state index contributed by atoms with van der Waals surface area (Å²) in [4.78, 5) is 12.0. The molecular weight excluding hydrogens is 272 g/mol. The van der Waals surface area contributed by atoms with Gasteiger partial charge in [0.05, 0.1) is 0 Å². The number of carbonyl (C=O) groups is 1. The van der Waals surface area contributed by atoms with Crippen molar-refractivity contribution in [2.24, 2.45) is 0 Å². The van der Waals surface area contributed by atoms with Gasteiger partial charge in [0.25, 0.3) is 0 Å². The lowest BCUT2D eigenvalue weighted by Gasteiger charge is -2.14. The largest absolute Gasteiger partial charge is 0.384 e. The fourth-order valence-electron chi connectivity index (χ4n) is 2.69. The molecule has 0 saturated carbocycles. The number of nitrogens with one attached hydrogen (secondary N) is 2. The van der Waals surface area contributed by atoms with Crippen molar-refractivity contribution in [3.05, 3.63) is 58.7 Å². The average molecular weight is 296 g/mol. The summed E-state index contributed by atoms with van der Waals surface area (Å²) < 4.78 is 0. The predicted octanol–water partition coefficient (Wildman–Crippen LogP) is 4.36. The molecule has 0 aromatic heterocycles. The van der Waals surface area contributed by atoms with Crippen LogP contribution in [0, 0.1) is 27.7 Å². The van der Waals surface area contributed by atoms with Crippen LogP contribution in [0.4, 0.5) is 11.4 Å². The molecule has 0 heterocycles. The normalized spacial score (nSPS) is 10.4. The highest BCUT2D eigenvalue weighted by Crippen LogP contribution is 2.21. The summed E-state index contributed by atoms with van der Waals surface area (Å²) >= 11 is 0. The first-order chi connectivity index (χ1) is 10.5. The van der Waals surface area contributed by atoms with Gasteiger partial charge in [-0.05, 0) is 50.5 Å². The van der Waals surface area contributed by atoms with E-state index in [1.165, 1.54) is 16.7 Å². The highest BCUT2D eigenvalue weighted by Gasteiger charge is 2.06. The number of hydrogen-bond donors (Lipinski definition) is 2. The fraction of sp³-hybridized carbons (Fsp3) is 0.316. The van der Waals surface area contributed by atoms with Crippen LogP contribution in [0.1, 0.15) is 28.7 Å². The van der Waals surface area contributed by atoms with E-state index in [0.29, 0.717) is 13.0 Å². The zero-order valence-corrected chi connectivity index (χ0v) is 13.8. The van der Waals surface area contributed by atoms with Crippen molar-refractivity contribution in [3.63, 3.8) is 0 Å². The molecule has 0 aliphatic rings. The minimum absolute atomic E-state index is 0.0317. The van der Waals surface area contributed by atoms with Gasteiger partial charge in [0.15, 0.2) is 0 Å². The van der Waals surface area contributed by atoms with Gasteiger partial charge in [0, 0.05) is 24.3 Å². The molecule has 0 spiro atoms. The minimum Gasteiger partial charge on any atom is -0.384 e. The van der Waals surface area contributed by atoms with E-state index >= 15 is 0 Å². The average Bonchev–Trinajstić information content (AvgIpc) is 2.44. The number of amides is 1. The Morgan fingerprint density at radius 1 is 0.955 bits per heavy atom. The van der Waals surface area contributed by atoms with Crippen LogP contribution < -0.4 is 10.6 Å². The van der Waals surface area contributed by atoms with Gasteiger partial charge in [-0.3, -0.25) is 4.79 Å². The highest BCUT2D eigenvalue weighted by atomic mass is 16.1. The molecule has 0 aliphatic heterocycles. The second kappa shape index (κ2) is 7.12. The smallest absolute Gasteiger partial charge is 0.226 e. The SMILES string of the molecule is Cc1cc(C)c(NCCC(=O)Nc2ccccc2C)c(C)c1. The summed E-state index contributed by atoms with van der Waals surface area (Å²) in [5.74, 6) is 0.0317. The van der Waals surface area contributed by atoms with Crippen molar-refractivity contribution in [1.29, 1.82) is 0 Å². The summed E-state index contributed by atoms with van der Waals surface area (Å²) in [7, 11) is 0. The molecule has 2 aromatic carbocycles. The van der Waals surface area contributed by atoms with E-state index < -0.39 is 0 Å². The quantitative estimate of drug-likeness (QED) is 0.860. The molecule has 3 nitrogen and oxygen atoms in total. The van der Waals surface area contributed by atoms with Crippen LogP contribution in [-0.2, 0) is 4.79 Å². The lowest BCUT2D eigenvalue weighted by atomic mass is 10.1. The summed E-state index contributed by atoms with van der Waals surface area (Å²) in [5.41, 5.74) is 6.80. The maximum Gasteiger partial charge on any atom is 0.226 e. The van der Waals surface area contributed by atoms with Gasteiger partial charge in [0.1, 0.15) is 0 Å². The Balaban J connectivity index is 1.89. The number of anilines is 2. The van der Waals surface area contributed by atoms with Crippen LogP contribution in [0.25, 0.3) is 0 Å². The number of benzene rings is 2. The summed E-state index contributed by atoms with van der Waals surface area (Å²) in [6.45, 7) is 8.90. The molecule has 2 aromatic rings.